The van der Waals surface area contributed by atoms with Gasteiger partial charge in [-0.3, -0.25) is 4.79 Å². The Kier molecular flexibility index (Phi) is 5.63. The van der Waals surface area contributed by atoms with Crippen LogP contribution in [0.4, 0.5) is 0 Å². The van der Waals surface area contributed by atoms with E-state index in [1.54, 1.807) is 16.6 Å². The van der Waals surface area contributed by atoms with E-state index >= 15 is 0 Å². The number of halogens is 1. The number of amides is 1. The molecule has 1 atom stereocenters. The lowest BCUT2D eigenvalue weighted by atomic mass is 10.0. The van der Waals surface area contributed by atoms with Crippen LogP contribution in [0.3, 0.4) is 0 Å². The van der Waals surface area contributed by atoms with Crippen molar-refractivity contribution in [2.75, 3.05) is 13.6 Å². The Morgan fingerprint density at radius 1 is 1.38 bits per heavy atom. The summed E-state index contributed by atoms with van der Waals surface area (Å²) in [5, 5.41) is 5.08. The first-order chi connectivity index (χ1) is 12.4. The van der Waals surface area contributed by atoms with Crippen LogP contribution < -0.4 is 5.73 Å². The summed E-state index contributed by atoms with van der Waals surface area (Å²) >= 11 is 6.32. The van der Waals surface area contributed by atoms with Gasteiger partial charge in [0.2, 0.25) is 5.82 Å². The number of nitrogens with two attached hydrogens (primary N) is 1. The normalized spacial score (nSPS) is 15.3. The van der Waals surface area contributed by atoms with Gasteiger partial charge in [0, 0.05) is 25.6 Å². The minimum Gasteiger partial charge on any atom is -0.339 e. The Morgan fingerprint density at radius 2 is 2.08 bits per heavy atom. The number of carbonyl (C=O) groups excluding carboxylic acids is 1. The quantitative estimate of drug-likeness (QED) is 0.805. The molecule has 3 rings (SSSR count). The molecule has 1 aliphatic carbocycles. The minimum absolute atomic E-state index is 0.0703. The molecule has 0 aliphatic heterocycles. The van der Waals surface area contributed by atoms with E-state index in [4.69, 9.17) is 17.3 Å². The second-order valence-corrected chi connectivity index (χ2v) is 7.76. The summed E-state index contributed by atoms with van der Waals surface area (Å²) in [5.41, 5.74) is 6.84. The second-order valence-electron chi connectivity index (χ2n) is 7.35. The smallest absolute Gasteiger partial charge is 0.293 e. The molecule has 2 aromatic rings. The number of para-hydroxylation sites is 1. The molecule has 1 unspecified atom stereocenters. The molecular weight excluding hydrogens is 350 g/mol. The molecule has 2 N–H and O–H groups in total. The van der Waals surface area contributed by atoms with Gasteiger partial charge < -0.3 is 10.6 Å². The van der Waals surface area contributed by atoms with Crippen molar-refractivity contribution in [3.05, 3.63) is 40.9 Å². The minimum atomic E-state index is -0.186. The fraction of sp³-hybridized carbons (Fsp3) is 0.526. The van der Waals surface area contributed by atoms with Crippen LogP contribution in [-0.4, -0.2) is 45.2 Å². The zero-order valence-electron chi connectivity index (χ0n) is 15.5. The monoisotopic (exact) mass is 375 g/mol. The highest BCUT2D eigenvalue weighted by atomic mass is 35.5. The molecule has 1 amide bonds. The average Bonchev–Trinajstić information content (AvgIpc) is 3.38. The van der Waals surface area contributed by atoms with Gasteiger partial charge in [0.1, 0.15) is 5.82 Å². The first-order valence-corrected chi connectivity index (χ1v) is 9.49. The topological polar surface area (TPSA) is 77.0 Å². The van der Waals surface area contributed by atoms with Crippen LogP contribution >= 0.6 is 11.6 Å². The third kappa shape index (κ3) is 4.07. The van der Waals surface area contributed by atoms with Gasteiger partial charge in [-0.2, -0.15) is 0 Å². The number of benzene rings is 1. The number of rotatable bonds is 7. The summed E-state index contributed by atoms with van der Waals surface area (Å²) in [7, 11) is 1.77. The average molecular weight is 376 g/mol. The summed E-state index contributed by atoms with van der Waals surface area (Å²) in [6.07, 6.45) is 2.88. The SMILES string of the molecule is CC(C)C(N)CCN(C)C(=O)c1nc(C2CC2)n(-c2ccccc2Cl)n1. The van der Waals surface area contributed by atoms with Crippen LogP contribution in [0.15, 0.2) is 24.3 Å². The van der Waals surface area contributed by atoms with E-state index < -0.39 is 0 Å². The van der Waals surface area contributed by atoms with Crippen LogP contribution in [0, 0.1) is 5.92 Å². The molecule has 0 bridgehead atoms. The lowest BCUT2D eigenvalue weighted by Crippen LogP contribution is -2.35. The van der Waals surface area contributed by atoms with Crippen LogP contribution in [-0.2, 0) is 0 Å². The zero-order valence-corrected chi connectivity index (χ0v) is 16.3. The van der Waals surface area contributed by atoms with Gasteiger partial charge >= 0.3 is 0 Å². The Morgan fingerprint density at radius 3 is 2.69 bits per heavy atom. The van der Waals surface area contributed by atoms with Crippen molar-refractivity contribution in [1.82, 2.24) is 19.7 Å². The fourth-order valence-electron chi connectivity index (χ4n) is 2.77. The van der Waals surface area contributed by atoms with E-state index in [1.165, 1.54) is 0 Å². The van der Waals surface area contributed by atoms with Gasteiger partial charge in [-0.1, -0.05) is 37.6 Å². The maximum absolute atomic E-state index is 12.8. The van der Waals surface area contributed by atoms with Crippen molar-refractivity contribution in [2.45, 2.75) is 45.1 Å². The molecule has 1 fully saturated rings. The van der Waals surface area contributed by atoms with E-state index in [1.807, 2.05) is 24.3 Å². The van der Waals surface area contributed by atoms with Crippen molar-refractivity contribution in [3.63, 3.8) is 0 Å². The summed E-state index contributed by atoms with van der Waals surface area (Å²) in [4.78, 5) is 19.0. The van der Waals surface area contributed by atoms with E-state index in [0.29, 0.717) is 23.4 Å². The van der Waals surface area contributed by atoms with Crippen LogP contribution in [0.25, 0.3) is 5.69 Å². The van der Waals surface area contributed by atoms with Crippen LogP contribution in [0.5, 0.6) is 0 Å². The predicted octanol–water partition coefficient (Wildman–Crippen LogP) is 3.24. The molecule has 26 heavy (non-hydrogen) atoms. The standard InChI is InChI=1S/C19H26ClN5O/c1-12(2)15(21)10-11-24(3)19(26)17-22-18(13-8-9-13)25(23-17)16-7-5-4-6-14(16)20/h4-7,12-13,15H,8-11,21H2,1-3H3. The highest BCUT2D eigenvalue weighted by Crippen LogP contribution is 2.40. The molecule has 1 heterocycles. The van der Waals surface area contributed by atoms with Gasteiger partial charge in [-0.15, -0.1) is 5.10 Å². The van der Waals surface area contributed by atoms with Crippen molar-refractivity contribution in [1.29, 1.82) is 0 Å². The summed E-state index contributed by atoms with van der Waals surface area (Å²) in [5.74, 6) is 1.58. The fourth-order valence-corrected chi connectivity index (χ4v) is 2.99. The maximum atomic E-state index is 12.8. The van der Waals surface area contributed by atoms with Crippen LogP contribution in [0.2, 0.25) is 5.02 Å². The first kappa shape index (κ1) is 18.9. The molecule has 1 saturated carbocycles. The van der Waals surface area contributed by atoms with Gasteiger partial charge in [-0.25, -0.2) is 9.67 Å². The van der Waals surface area contributed by atoms with Gasteiger partial charge in [-0.05, 0) is 37.3 Å². The summed E-state index contributed by atoms with van der Waals surface area (Å²) in [6, 6.07) is 7.55. The summed E-state index contributed by atoms with van der Waals surface area (Å²) < 4.78 is 1.72. The molecule has 1 aromatic heterocycles. The van der Waals surface area contributed by atoms with Crippen molar-refractivity contribution in [2.24, 2.45) is 11.7 Å². The van der Waals surface area contributed by atoms with Gasteiger partial charge in [0.25, 0.3) is 5.91 Å². The van der Waals surface area contributed by atoms with E-state index in [-0.39, 0.29) is 17.8 Å². The van der Waals surface area contributed by atoms with Gasteiger partial charge in [0.15, 0.2) is 0 Å². The number of hydrogen-bond donors (Lipinski definition) is 1. The number of hydrogen-bond acceptors (Lipinski definition) is 4. The molecule has 7 heteroatoms. The molecule has 0 radical (unpaired) electrons. The molecule has 140 valence electrons. The second kappa shape index (κ2) is 7.76. The maximum Gasteiger partial charge on any atom is 0.293 e. The molecule has 1 aromatic carbocycles. The van der Waals surface area contributed by atoms with Crippen molar-refractivity contribution >= 4 is 17.5 Å². The van der Waals surface area contributed by atoms with E-state index in [0.717, 1.165) is 30.8 Å². The van der Waals surface area contributed by atoms with Crippen molar-refractivity contribution in [3.8, 4) is 5.69 Å². The number of aromatic nitrogens is 3. The lowest BCUT2D eigenvalue weighted by molar-refractivity contribution is 0.0777. The highest BCUT2D eigenvalue weighted by Gasteiger charge is 2.32. The molecule has 6 nitrogen and oxygen atoms in total. The van der Waals surface area contributed by atoms with E-state index in [9.17, 15) is 4.79 Å². The number of carbonyl (C=O) groups is 1. The largest absolute Gasteiger partial charge is 0.339 e. The van der Waals surface area contributed by atoms with Crippen LogP contribution in [0.1, 0.15) is 55.5 Å². The molecular formula is C19H26ClN5O. The lowest BCUT2D eigenvalue weighted by Gasteiger charge is -2.20. The Bertz CT molecular complexity index is 784. The molecule has 0 saturated heterocycles. The number of nitrogens with zero attached hydrogens (tertiary/aromatic N) is 4. The first-order valence-electron chi connectivity index (χ1n) is 9.11. The van der Waals surface area contributed by atoms with E-state index in [2.05, 4.69) is 23.9 Å². The highest BCUT2D eigenvalue weighted by molar-refractivity contribution is 6.32. The molecule has 1 aliphatic rings. The van der Waals surface area contributed by atoms with Crippen molar-refractivity contribution < 1.29 is 4.79 Å². The molecule has 0 spiro atoms. The third-order valence-electron chi connectivity index (χ3n) is 4.85. The Hall–Kier alpha value is -1.92. The predicted molar refractivity (Wildman–Crippen MR) is 103 cm³/mol. The Balaban J connectivity index is 1.81. The Labute approximate surface area is 159 Å². The third-order valence-corrected chi connectivity index (χ3v) is 5.17. The van der Waals surface area contributed by atoms with Gasteiger partial charge in [0.05, 0.1) is 10.7 Å². The summed E-state index contributed by atoms with van der Waals surface area (Å²) in [6.45, 7) is 4.75. The zero-order chi connectivity index (χ0) is 18.8.